The van der Waals surface area contributed by atoms with E-state index in [2.05, 4.69) is 20.2 Å². The molecule has 0 saturated heterocycles. The number of rotatable bonds is 5. The van der Waals surface area contributed by atoms with Gasteiger partial charge in [-0.15, -0.1) is 21.8 Å². The first-order valence-corrected chi connectivity index (χ1v) is 8.53. The van der Waals surface area contributed by atoms with Crippen molar-refractivity contribution in [2.45, 2.75) is 17.1 Å². The second-order valence-electron chi connectivity index (χ2n) is 3.95. The molecule has 0 spiro atoms. The summed E-state index contributed by atoms with van der Waals surface area (Å²) in [7, 11) is -3.88. The number of sulfonamides is 1. The molecule has 2 N–H and O–H groups in total. The maximum absolute atomic E-state index is 12.2. The van der Waals surface area contributed by atoms with Crippen molar-refractivity contribution in [2.75, 3.05) is 10.0 Å². The summed E-state index contributed by atoms with van der Waals surface area (Å²) < 4.78 is 26.6. The van der Waals surface area contributed by atoms with E-state index in [9.17, 15) is 13.2 Å². The number of alkyl halides is 1. The Morgan fingerprint density at radius 1 is 1.33 bits per heavy atom. The van der Waals surface area contributed by atoms with Crippen LogP contribution in [0.3, 0.4) is 0 Å². The Bertz CT molecular complexity index is 760. The maximum atomic E-state index is 12.2. The van der Waals surface area contributed by atoms with E-state index in [1.165, 1.54) is 6.92 Å². The SMILES string of the molecule is CC(=O)Nc1nnc(S(=O)(=O)Nc2ccccc2CCl)s1. The van der Waals surface area contributed by atoms with Gasteiger partial charge in [-0.05, 0) is 11.6 Å². The number of carbonyl (C=O) groups is 1. The van der Waals surface area contributed by atoms with Crippen LogP contribution in [-0.2, 0) is 20.7 Å². The van der Waals surface area contributed by atoms with Crippen molar-refractivity contribution in [3.8, 4) is 0 Å². The number of aromatic nitrogens is 2. The van der Waals surface area contributed by atoms with E-state index in [0.717, 1.165) is 11.3 Å². The first-order chi connectivity index (χ1) is 9.92. The monoisotopic (exact) mass is 346 g/mol. The predicted molar refractivity (Wildman–Crippen MR) is 81.0 cm³/mol. The summed E-state index contributed by atoms with van der Waals surface area (Å²) in [4.78, 5) is 10.9. The van der Waals surface area contributed by atoms with Gasteiger partial charge in [0.05, 0.1) is 5.69 Å². The van der Waals surface area contributed by atoms with E-state index in [1.54, 1.807) is 24.3 Å². The van der Waals surface area contributed by atoms with E-state index in [1.807, 2.05) is 0 Å². The number of para-hydroxylation sites is 1. The summed E-state index contributed by atoms with van der Waals surface area (Å²) in [6, 6.07) is 6.77. The molecule has 2 rings (SSSR count). The van der Waals surface area contributed by atoms with Gasteiger partial charge < -0.3 is 5.32 Å². The molecule has 0 unspecified atom stereocenters. The zero-order valence-electron chi connectivity index (χ0n) is 10.8. The van der Waals surface area contributed by atoms with E-state index in [0.29, 0.717) is 11.3 Å². The van der Waals surface area contributed by atoms with Gasteiger partial charge in [-0.3, -0.25) is 9.52 Å². The number of amides is 1. The number of hydrogen-bond acceptors (Lipinski definition) is 6. The second kappa shape index (κ2) is 6.37. The largest absolute Gasteiger partial charge is 0.301 e. The molecule has 0 radical (unpaired) electrons. The lowest BCUT2D eigenvalue weighted by molar-refractivity contribution is -0.114. The molecule has 1 aromatic heterocycles. The lowest BCUT2D eigenvalue weighted by Crippen LogP contribution is -2.13. The number of anilines is 2. The summed E-state index contributed by atoms with van der Waals surface area (Å²) >= 11 is 6.52. The maximum Gasteiger partial charge on any atom is 0.291 e. The molecule has 10 heteroatoms. The third-order valence-corrected chi connectivity index (χ3v) is 5.18. The lowest BCUT2D eigenvalue weighted by atomic mass is 10.2. The van der Waals surface area contributed by atoms with Crippen LogP contribution in [0.1, 0.15) is 12.5 Å². The van der Waals surface area contributed by atoms with Gasteiger partial charge in [0.25, 0.3) is 14.4 Å². The molecule has 0 atom stereocenters. The Balaban J connectivity index is 2.26. The number of hydrogen-bond donors (Lipinski definition) is 2. The van der Waals surface area contributed by atoms with Crippen LogP contribution >= 0.6 is 22.9 Å². The summed E-state index contributed by atoms with van der Waals surface area (Å²) in [6.07, 6.45) is 0. The predicted octanol–water partition coefficient (Wildman–Crippen LogP) is 2.04. The summed E-state index contributed by atoms with van der Waals surface area (Å²) in [6.45, 7) is 1.30. The highest BCUT2D eigenvalue weighted by Gasteiger charge is 2.21. The highest BCUT2D eigenvalue weighted by Crippen LogP contribution is 2.24. The van der Waals surface area contributed by atoms with Gasteiger partial charge >= 0.3 is 0 Å². The van der Waals surface area contributed by atoms with Crippen molar-refractivity contribution in [1.29, 1.82) is 0 Å². The quantitative estimate of drug-likeness (QED) is 0.637. The Kier molecular flexibility index (Phi) is 4.76. The Hall–Kier alpha value is -1.71. The Morgan fingerprint density at radius 2 is 2.05 bits per heavy atom. The van der Waals surface area contributed by atoms with Crippen LogP contribution in [0, 0.1) is 0 Å². The number of carbonyl (C=O) groups excluding carboxylic acids is 1. The van der Waals surface area contributed by atoms with E-state index in [4.69, 9.17) is 11.6 Å². The number of benzene rings is 1. The molecule has 0 bridgehead atoms. The normalized spacial score (nSPS) is 11.1. The van der Waals surface area contributed by atoms with Crippen molar-refractivity contribution in [3.63, 3.8) is 0 Å². The van der Waals surface area contributed by atoms with Gasteiger partial charge in [-0.2, -0.15) is 8.42 Å². The van der Waals surface area contributed by atoms with Crippen LogP contribution < -0.4 is 10.0 Å². The molecule has 0 aliphatic carbocycles. The zero-order valence-corrected chi connectivity index (χ0v) is 13.2. The van der Waals surface area contributed by atoms with Gasteiger partial charge in [0.2, 0.25) is 11.0 Å². The minimum Gasteiger partial charge on any atom is -0.301 e. The molecule has 0 fully saturated rings. The minimum absolute atomic E-state index is 0.119. The molecule has 0 saturated carbocycles. The lowest BCUT2D eigenvalue weighted by Gasteiger charge is -2.08. The zero-order chi connectivity index (χ0) is 15.5. The van der Waals surface area contributed by atoms with Crippen molar-refractivity contribution in [3.05, 3.63) is 29.8 Å². The molecule has 7 nitrogen and oxygen atoms in total. The number of nitrogens with zero attached hydrogens (tertiary/aromatic N) is 2. The highest BCUT2D eigenvalue weighted by molar-refractivity contribution is 7.94. The standard InChI is InChI=1S/C11H11ClN4O3S2/c1-7(17)13-10-14-15-11(20-10)21(18,19)16-9-5-3-2-4-8(9)6-12/h2-5,16H,6H2,1H3,(H,13,14,17). The summed E-state index contributed by atoms with van der Waals surface area (Å²) in [5.41, 5.74) is 1.03. The first-order valence-electron chi connectivity index (χ1n) is 5.70. The Morgan fingerprint density at radius 3 is 2.71 bits per heavy atom. The molecule has 21 heavy (non-hydrogen) atoms. The molecule has 2 aromatic rings. The van der Waals surface area contributed by atoms with Crippen molar-refractivity contribution in [2.24, 2.45) is 0 Å². The van der Waals surface area contributed by atoms with E-state index in [-0.39, 0.29) is 21.3 Å². The molecule has 1 aromatic carbocycles. The molecular weight excluding hydrogens is 336 g/mol. The first kappa shape index (κ1) is 15.7. The van der Waals surface area contributed by atoms with Crippen LogP contribution in [-0.4, -0.2) is 24.5 Å². The average Bonchev–Trinajstić information content (AvgIpc) is 2.87. The number of halogens is 1. The van der Waals surface area contributed by atoms with Crippen LogP contribution in [0.2, 0.25) is 0 Å². The third kappa shape index (κ3) is 3.90. The summed E-state index contributed by atoms with van der Waals surface area (Å²) in [5, 5.41) is 9.66. The fourth-order valence-corrected chi connectivity index (χ4v) is 3.73. The second-order valence-corrected chi connectivity index (χ2v) is 7.05. The molecule has 1 heterocycles. The van der Waals surface area contributed by atoms with E-state index < -0.39 is 10.0 Å². The topological polar surface area (TPSA) is 101 Å². The molecule has 112 valence electrons. The molecular formula is C11H11ClN4O3S2. The minimum atomic E-state index is -3.88. The smallest absolute Gasteiger partial charge is 0.291 e. The Labute approximate surface area is 130 Å². The summed E-state index contributed by atoms with van der Waals surface area (Å²) in [5.74, 6) is -0.179. The van der Waals surface area contributed by atoms with Crippen molar-refractivity contribution >= 4 is 49.7 Å². The van der Waals surface area contributed by atoms with Gasteiger partial charge in [0.15, 0.2) is 0 Å². The third-order valence-electron chi connectivity index (χ3n) is 2.32. The van der Waals surface area contributed by atoms with Gasteiger partial charge in [0, 0.05) is 12.8 Å². The van der Waals surface area contributed by atoms with Gasteiger partial charge in [-0.25, -0.2) is 0 Å². The van der Waals surface area contributed by atoms with Gasteiger partial charge in [-0.1, -0.05) is 29.5 Å². The van der Waals surface area contributed by atoms with E-state index >= 15 is 0 Å². The van der Waals surface area contributed by atoms with Crippen LogP contribution in [0.15, 0.2) is 28.6 Å². The van der Waals surface area contributed by atoms with Crippen LogP contribution in [0.25, 0.3) is 0 Å². The fraction of sp³-hybridized carbons (Fsp3) is 0.182. The van der Waals surface area contributed by atoms with Crippen LogP contribution in [0.4, 0.5) is 10.8 Å². The number of nitrogens with one attached hydrogen (secondary N) is 2. The van der Waals surface area contributed by atoms with Crippen molar-refractivity contribution in [1.82, 2.24) is 10.2 Å². The molecule has 1 amide bonds. The molecule has 0 aliphatic heterocycles. The van der Waals surface area contributed by atoms with Crippen LogP contribution in [0.5, 0.6) is 0 Å². The van der Waals surface area contributed by atoms with Gasteiger partial charge in [0.1, 0.15) is 0 Å². The fourth-order valence-electron chi connectivity index (χ4n) is 1.44. The van der Waals surface area contributed by atoms with Crippen molar-refractivity contribution < 1.29 is 13.2 Å². The average molecular weight is 347 g/mol. The highest BCUT2D eigenvalue weighted by atomic mass is 35.5. The molecule has 0 aliphatic rings.